The lowest BCUT2D eigenvalue weighted by atomic mass is 10.1. The van der Waals surface area contributed by atoms with E-state index in [9.17, 15) is 27.5 Å². The molecule has 2 fully saturated rings. The quantitative estimate of drug-likeness (QED) is 0.146. The minimum atomic E-state index is -3.96. The zero-order valence-electron chi connectivity index (χ0n) is 20.2. The fourth-order valence-corrected chi connectivity index (χ4v) is 7.14. The second kappa shape index (κ2) is 10.1. The van der Waals surface area contributed by atoms with Crippen LogP contribution in [0.4, 0.5) is 15.8 Å². The molecular formula is C24H24FN4O7PS. The van der Waals surface area contributed by atoms with Crippen LogP contribution in [0.3, 0.4) is 0 Å². The lowest BCUT2D eigenvalue weighted by Crippen LogP contribution is -2.12. The minimum absolute atomic E-state index is 0.0729. The molecule has 3 aromatic rings. The molecule has 2 aliphatic rings. The van der Waals surface area contributed by atoms with Crippen molar-refractivity contribution in [2.45, 2.75) is 17.9 Å². The van der Waals surface area contributed by atoms with E-state index in [0.717, 1.165) is 12.1 Å². The standard InChI is InChI=1S/C24H24FN4O7PS/c1-17(36-37(32,27-12-13-27)28-14-15-28)18-2-11-23(29(30)31)24(16-18)35-21-7-9-22(10-8-21)38(33,34)26-20-5-3-19(25)4-6-20/h2-11,16-17,26H,12-15H2,1H3. The van der Waals surface area contributed by atoms with E-state index in [0.29, 0.717) is 31.7 Å². The van der Waals surface area contributed by atoms with Crippen molar-refractivity contribution >= 4 is 29.1 Å². The Kier molecular flexibility index (Phi) is 6.97. The van der Waals surface area contributed by atoms with Gasteiger partial charge in [0.25, 0.3) is 10.0 Å². The molecule has 14 heteroatoms. The van der Waals surface area contributed by atoms with Crippen molar-refractivity contribution in [1.82, 2.24) is 9.34 Å². The number of rotatable bonds is 11. The maximum atomic E-state index is 13.3. The second-order valence-corrected chi connectivity index (χ2v) is 12.8. The van der Waals surface area contributed by atoms with Gasteiger partial charge in [-0.05, 0) is 73.2 Å². The van der Waals surface area contributed by atoms with Crippen LogP contribution >= 0.6 is 7.67 Å². The van der Waals surface area contributed by atoms with Crippen LogP contribution in [0.25, 0.3) is 0 Å². The molecule has 1 atom stereocenters. The molecule has 0 spiro atoms. The van der Waals surface area contributed by atoms with Crippen LogP contribution in [0.1, 0.15) is 18.6 Å². The summed E-state index contributed by atoms with van der Waals surface area (Å²) in [6.45, 7) is 4.50. The molecule has 0 aliphatic carbocycles. The summed E-state index contributed by atoms with van der Waals surface area (Å²) in [5.74, 6) is -0.404. The highest BCUT2D eigenvalue weighted by Gasteiger charge is 2.50. The molecule has 0 amide bonds. The summed E-state index contributed by atoms with van der Waals surface area (Å²) < 4.78 is 69.4. The van der Waals surface area contributed by atoms with Crippen LogP contribution in [0.2, 0.25) is 0 Å². The molecule has 2 heterocycles. The largest absolute Gasteiger partial charge is 0.450 e. The number of nitrogens with one attached hydrogen (secondary N) is 1. The predicted molar refractivity (Wildman–Crippen MR) is 137 cm³/mol. The lowest BCUT2D eigenvalue weighted by molar-refractivity contribution is -0.385. The molecular weight excluding hydrogens is 538 g/mol. The Morgan fingerprint density at radius 2 is 1.61 bits per heavy atom. The molecule has 3 aromatic carbocycles. The Morgan fingerprint density at radius 1 is 1.00 bits per heavy atom. The van der Waals surface area contributed by atoms with Crippen molar-refractivity contribution in [3.05, 3.63) is 88.2 Å². The van der Waals surface area contributed by atoms with Gasteiger partial charge >= 0.3 is 13.4 Å². The van der Waals surface area contributed by atoms with Crippen molar-refractivity contribution in [3.63, 3.8) is 0 Å². The number of nitro groups is 1. The van der Waals surface area contributed by atoms with Crippen LogP contribution in [0.5, 0.6) is 11.5 Å². The highest BCUT2D eigenvalue weighted by molar-refractivity contribution is 7.92. The van der Waals surface area contributed by atoms with Crippen molar-refractivity contribution in [1.29, 1.82) is 0 Å². The van der Waals surface area contributed by atoms with E-state index < -0.39 is 34.5 Å². The smallest absolute Gasteiger partial charge is 0.346 e. The molecule has 0 bridgehead atoms. The van der Waals surface area contributed by atoms with Crippen molar-refractivity contribution in [2.24, 2.45) is 0 Å². The Labute approximate surface area is 218 Å². The third kappa shape index (κ3) is 5.71. The monoisotopic (exact) mass is 562 g/mol. The predicted octanol–water partition coefficient (Wildman–Crippen LogP) is 5.14. The van der Waals surface area contributed by atoms with Gasteiger partial charge in [-0.2, -0.15) is 0 Å². The normalized spacial score (nSPS) is 16.6. The molecule has 5 rings (SSSR count). The number of benzene rings is 3. The molecule has 0 aromatic heterocycles. The maximum absolute atomic E-state index is 13.3. The fourth-order valence-electron chi connectivity index (χ4n) is 3.74. The number of hydrogen-bond donors (Lipinski definition) is 1. The summed E-state index contributed by atoms with van der Waals surface area (Å²) in [4.78, 5) is 10.9. The first-order chi connectivity index (χ1) is 18.0. The molecule has 0 saturated carbocycles. The number of halogens is 1. The molecule has 2 aliphatic heterocycles. The van der Waals surface area contributed by atoms with E-state index in [2.05, 4.69) is 4.72 Å². The summed E-state index contributed by atoms with van der Waals surface area (Å²) >= 11 is 0. The average molecular weight is 563 g/mol. The molecule has 200 valence electrons. The summed E-state index contributed by atoms with van der Waals surface area (Å²) in [5, 5.41) is 11.6. The first kappa shape index (κ1) is 26.3. The molecule has 11 nitrogen and oxygen atoms in total. The highest BCUT2D eigenvalue weighted by atomic mass is 32.2. The van der Waals surface area contributed by atoms with E-state index in [4.69, 9.17) is 9.26 Å². The first-order valence-corrected chi connectivity index (χ1v) is 14.7. The van der Waals surface area contributed by atoms with Gasteiger partial charge in [0.2, 0.25) is 5.75 Å². The van der Waals surface area contributed by atoms with Gasteiger partial charge in [-0.15, -0.1) is 0 Å². The first-order valence-electron chi connectivity index (χ1n) is 11.7. The average Bonchev–Trinajstić information content (AvgIpc) is 3.77. The van der Waals surface area contributed by atoms with Crippen molar-refractivity contribution in [2.75, 3.05) is 30.9 Å². The van der Waals surface area contributed by atoms with Crippen LogP contribution in [0, 0.1) is 15.9 Å². The number of sulfonamides is 1. The van der Waals surface area contributed by atoms with Gasteiger partial charge in [-0.25, -0.2) is 22.1 Å². The van der Waals surface area contributed by atoms with Crippen LogP contribution < -0.4 is 9.46 Å². The molecule has 0 radical (unpaired) electrons. The topological polar surface area (TPSA) is 131 Å². The zero-order chi connectivity index (χ0) is 27.1. The summed E-state index contributed by atoms with van der Waals surface area (Å²) in [5.41, 5.74) is 0.435. The van der Waals surface area contributed by atoms with Gasteiger partial charge in [0, 0.05) is 37.9 Å². The number of nitrogens with zero attached hydrogens (tertiary/aromatic N) is 3. The molecule has 38 heavy (non-hydrogen) atoms. The van der Waals surface area contributed by atoms with E-state index in [-0.39, 0.29) is 27.8 Å². The second-order valence-electron chi connectivity index (χ2n) is 8.82. The van der Waals surface area contributed by atoms with E-state index in [1.165, 1.54) is 54.6 Å². The number of anilines is 1. The Morgan fingerprint density at radius 3 is 2.16 bits per heavy atom. The van der Waals surface area contributed by atoms with Gasteiger partial charge < -0.3 is 4.74 Å². The summed E-state index contributed by atoms with van der Waals surface area (Å²) in [6.07, 6.45) is -0.629. The van der Waals surface area contributed by atoms with E-state index in [1.807, 2.05) is 0 Å². The SMILES string of the molecule is CC(OP(=O)(N1CC1)N1CC1)c1ccc([N+](=O)[O-])c(Oc2ccc(S(=O)(=O)Nc3ccc(F)cc3)cc2)c1. The fraction of sp³-hybridized carbons (Fsp3) is 0.250. The minimum Gasteiger partial charge on any atom is -0.450 e. The number of ether oxygens (including phenoxy) is 1. The Bertz CT molecular complexity index is 1500. The van der Waals surface area contributed by atoms with Crippen LogP contribution in [-0.4, -0.2) is 48.9 Å². The molecule has 1 N–H and O–H groups in total. The lowest BCUT2D eigenvalue weighted by Gasteiger charge is -2.24. The summed E-state index contributed by atoms with van der Waals surface area (Å²) in [6, 6.07) is 14.4. The van der Waals surface area contributed by atoms with Gasteiger partial charge in [0.1, 0.15) is 11.6 Å². The zero-order valence-corrected chi connectivity index (χ0v) is 21.9. The van der Waals surface area contributed by atoms with Gasteiger partial charge in [0.15, 0.2) is 0 Å². The third-order valence-electron chi connectivity index (χ3n) is 5.97. The van der Waals surface area contributed by atoms with Crippen molar-refractivity contribution in [3.8, 4) is 11.5 Å². The summed E-state index contributed by atoms with van der Waals surface area (Å²) in [7, 11) is -7.08. The van der Waals surface area contributed by atoms with E-state index >= 15 is 0 Å². The van der Waals surface area contributed by atoms with Crippen LogP contribution in [0.15, 0.2) is 71.6 Å². The Balaban J connectivity index is 1.34. The molecule has 2 saturated heterocycles. The number of hydrogen-bond acceptors (Lipinski definition) is 7. The van der Waals surface area contributed by atoms with Crippen LogP contribution in [-0.2, 0) is 19.1 Å². The number of nitro benzene ring substituents is 1. The maximum Gasteiger partial charge on any atom is 0.346 e. The molecule has 1 unspecified atom stereocenters. The van der Waals surface area contributed by atoms with E-state index in [1.54, 1.807) is 16.3 Å². The third-order valence-corrected chi connectivity index (χ3v) is 10.2. The highest BCUT2D eigenvalue weighted by Crippen LogP contribution is 2.63. The Hall–Kier alpha value is -3.35. The van der Waals surface area contributed by atoms with Gasteiger partial charge in [-0.1, -0.05) is 0 Å². The van der Waals surface area contributed by atoms with Gasteiger partial charge in [0.05, 0.1) is 15.9 Å². The van der Waals surface area contributed by atoms with Crippen molar-refractivity contribution < 1.29 is 31.6 Å². The van der Waals surface area contributed by atoms with Gasteiger partial charge in [-0.3, -0.25) is 23.9 Å².